The second kappa shape index (κ2) is 2.24. The lowest BCUT2D eigenvalue weighted by molar-refractivity contribution is 0.116. The summed E-state index contributed by atoms with van der Waals surface area (Å²) in [6, 6.07) is 0. The molecular formula is C10H16O2. The summed E-state index contributed by atoms with van der Waals surface area (Å²) in [5.74, 6) is 1.40. The minimum atomic E-state index is -0.165. The van der Waals surface area contributed by atoms with E-state index in [0.717, 1.165) is 17.9 Å². The van der Waals surface area contributed by atoms with E-state index in [9.17, 15) is 5.11 Å². The van der Waals surface area contributed by atoms with Crippen molar-refractivity contribution in [2.45, 2.75) is 31.8 Å². The SMILES string of the molecule is OC1COCC1CC1CC12CC2. The normalized spacial score (nSPS) is 48.2. The van der Waals surface area contributed by atoms with Gasteiger partial charge in [0.05, 0.1) is 19.3 Å². The minimum Gasteiger partial charge on any atom is -0.390 e. The van der Waals surface area contributed by atoms with E-state index in [1.54, 1.807) is 0 Å². The highest BCUT2D eigenvalue weighted by molar-refractivity contribution is 5.12. The van der Waals surface area contributed by atoms with E-state index in [0.29, 0.717) is 12.5 Å². The van der Waals surface area contributed by atoms with Crippen LogP contribution in [0.5, 0.6) is 0 Å². The van der Waals surface area contributed by atoms with E-state index in [4.69, 9.17) is 4.74 Å². The fourth-order valence-corrected chi connectivity index (χ4v) is 2.72. The van der Waals surface area contributed by atoms with Crippen molar-refractivity contribution in [1.29, 1.82) is 0 Å². The van der Waals surface area contributed by atoms with Gasteiger partial charge in [-0.25, -0.2) is 0 Å². The molecule has 2 aliphatic carbocycles. The smallest absolute Gasteiger partial charge is 0.0823 e. The quantitative estimate of drug-likeness (QED) is 0.671. The van der Waals surface area contributed by atoms with Gasteiger partial charge < -0.3 is 9.84 Å². The summed E-state index contributed by atoms with van der Waals surface area (Å²) in [4.78, 5) is 0. The monoisotopic (exact) mass is 168 g/mol. The van der Waals surface area contributed by atoms with Gasteiger partial charge in [-0.05, 0) is 37.0 Å². The number of hydrogen-bond donors (Lipinski definition) is 1. The van der Waals surface area contributed by atoms with Crippen molar-refractivity contribution < 1.29 is 9.84 Å². The largest absolute Gasteiger partial charge is 0.390 e. The van der Waals surface area contributed by atoms with Crippen LogP contribution in [0, 0.1) is 17.3 Å². The molecule has 12 heavy (non-hydrogen) atoms. The van der Waals surface area contributed by atoms with Crippen LogP contribution in [0.3, 0.4) is 0 Å². The molecule has 68 valence electrons. The zero-order valence-corrected chi connectivity index (χ0v) is 7.33. The molecule has 1 heterocycles. The maximum absolute atomic E-state index is 9.53. The molecule has 1 aliphatic heterocycles. The Morgan fingerprint density at radius 1 is 1.33 bits per heavy atom. The Kier molecular flexibility index (Phi) is 1.37. The minimum absolute atomic E-state index is 0.165. The molecule has 2 nitrogen and oxygen atoms in total. The van der Waals surface area contributed by atoms with Crippen LogP contribution < -0.4 is 0 Å². The lowest BCUT2D eigenvalue weighted by Gasteiger charge is -2.10. The van der Waals surface area contributed by atoms with E-state index >= 15 is 0 Å². The molecule has 0 radical (unpaired) electrons. The Morgan fingerprint density at radius 2 is 2.17 bits per heavy atom. The zero-order valence-electron chi connectivity index (χ0n) is 7.33. The van der Waals surface area contributed by atoms with Gasteiger partial charge in [-0.1, -0.05) is 0 Å². The van der Waals surface area contributed by atoms with Crippen molar-refractivity contribution in [2.75, 3.05) is 13.2 Å². The van der Waals surface area contributed by atoms with Gasteiger partial charge in [-0.3, -0.25) is 0 Å². The van der Waals surface area contributed by atoms with Crippen molar-refractivity contribution in [3.63, 3.8) is 0 Å². The van der Waals surface area contributed by atoms with Gasteiger partial charge in [0, 0.05) is 5.92 Å². The standard InChI is InChI=1S/C10H16O2/c11-9-6-12-5-7(9)3-8-4-10(8)1-2-10/h7-9,11H,1-6H2. The zero-order chi connectivity index (χ0) is 8.18. The molecule has 1 saturated heterocycles. The topological polar surface area (TPSA) is 29.5 Å². The van der Waals surface area contributed by atoms with Crippen LogP contribution in [0.15, 0.2) is 0 Å². The van der Waals surface area contributed by atoms with Crippen LogP contribution in [-0.2, 0) is 4.74 Å². The highest BCUT2D eigenvalue weighted by atomic mass is 16.5. The lowest BCUT2D eigenvalue weighted by Crippen LogP contribution is -2.18. The highest BCUT2D eigenvalue weighted by Gasteiger charge is 2.62. The van der Waals surface area contributed by atoms with Crippen LogP contribution in [0.4, 0.5) is 0 Å². The average molecular weight is 168 g/mol. The maximum atomic E-state index is 9.53. The first kappa shape index (κ1) is 7.34. The van der Waals surface area contributed by atoms with Crippen LogP contribution >= 0.6 is 0 Å². The van der Waals surface area contributed by atoms with E-state index in [1.807, 2.05) is 0 Å². The van der Waals surface area contributed by atoms with Gasteiger partial charge in [0.15, 0.2) is 0 Å². The van der Waals surface area contributed by atoms with Gasteiger partial charge >= 0.3 is 0 Å². The Morgan fingerprint density at radius 3 is 2.67 bits per heavy atom. The molecule has 2 saturated carbocycles. The number of aliphatic hydroxyl groups excluding tert-OH is 1. The molecule has 0 aromatic heterocycles. The molecule has 0 aromatic carbocycles. The number of aliphatic hydroxyl groups is 1. The molecule has 3 atom stereocenters. The summed E-state index contributed by atoms with van der Waals surface area (Å²) in [7, 11) is 0. The fraction of sp³-hybridized carbons (Fsp3) is 1.00. The van der Waals surface area contributed by atoms with Crippen molar-refractivity contribution >= 4 is 0 Å². The molecule has 3 unspecified atom stereocenters. The summed E-state index contributed by atoms with van der Waals surface area (Å²) < 4.78 is 5.24. The molecule has 3 fully saturated rings. The number of hydrogen-bond acceptors (Lipinski definition) is 2. The summed E-state index contributed by atoms with van der Waals surface area (Å²) in [5, 5.41) is 9.53. The van der Waals surface area contributed by atoms with Gasteiger partial charge in [0.25, 0.3) is 0 Å². The third-order valence-corrected chi connectivity index (χ3v) is 4.00. The molecular weight excluding hydrogens is 152 g/mol. The van der Waals surface area contributed by atoms with Gasteiger partial charge in [-0.2, -0.15) is 0 Å². The fourth-order valence-electron chi connectivity index (χ4n) is 2.72. The molecule has 3 aliphatic rings. The molecule has 0 aromatic rings. The lowest BCUT2D eigenvalue weighted by atomic mass is 9.98. The Hall–Kier alpha value is -0.0800. The summed E-state index contributed by atoms with van der Waals surface area (Å²) in [6.07, 6.45) is 5.42. The second-order valence-corrected chi connectivity index (χ2v) is 4.86. The van der Waals surface area contributed by atoms with E-state index in [-0.39, 0.29) is 6.10 Å². The number of ether oxygens (including phenoxy) is 1. The average Bonchev–Trinajstić information content (AvgIpc) is 2.91. The summed E-state index contributed by atoms with van der Waals surface area (Å²) >= 11 is 0. The Bertz CT molecular complexity index is 198. The molecule has 0 amide bonds. The van der Waals surface area contributed by atoms with Crippen LogP contribution in [0.1, 0.15) is 25.7 Å². The third-order valence-electron chi connectivity index (χ3n) is 4.00. The van der Waals surface area contributed by atoms with Crippen LogP contribution in [-0.4, -0.2) is 24.4 Å². The van der Waals surface area contributed by atoms with Gasteiger partial charge in [0.1, 0.15) is 0 Å². The molecule has 0 bridgehead atoms. The van der Waals surface area contributed by atoms with Crippen molar-refractivity contribution in [3.8, 4) is 0 Å². The molecule has 3 rings (SSSR count). The maximum Gasteiger partial charge on any atom is 0.0823 e. The molecule has 1 N–H and O–H groups in total. The predicted molar refractivity (Wildman–Crippen MR) is 44.7 cm³/mol. The van der Waals surface area contributed by atoms with Crippen LogP contribution in [0.2, 0.25) is 0 Å². The van der Waals surface area contributed by atoms with E-state index in [1.165, 1.54) is 25.7 Å². The molecule has 2 heteroatoms. The highest BCUT2D eigenvalue weighted by Crippen LogP contribution is 2.72. The first-order valence-corrected chi connectivity index (χ1v) is 5.06. The predicted octanol–water partition coefficient (Wildman–Crippen LogP) is 1.18. The summed E-state index contributed by atoms with van der Waals surface area (Å²) in [5.41, 5.74) is 0.794. The summed E-state index contributed by atoms with van der Waals surface area (Å²) in [6.45, 7) is 1.37. The van der Waals surface area contributed by atoms with E-state index in [2.05, 4.69) is 0 Å². The first-order chi connectivity index (χ1) is 5.80. The molecule has 1 spiro atoms. The van der Waals surface area contributed by atoms with Crippen molar-refractivity contribution in [3.05, 3.63) is 0 Å². The Labute approximate surface area is 72.9 Å². The number of rotatable bonds is 2. The second-order valence-electron chi connectivity index (χ2n) is 4.86. The van der Waals surface area contributed by atoms with Crippen molar-refractivity contribution in [1.82, 2.24) is 0 Å². The van der Waals surface area contributed by atoms with Gasteiger partial charge in [-0.15, -0.1) is 0 Å². The third kappa shape index (κ3) is 1.01. The first-order valence-electron chi connectivity index (χ1n) is 5.06. The van der Waals surface area contributed by atoms with Gasteiger partial charge in [0.2, 0.25) is 0 Å². The van der Waals surface area contributed by atoms with E-state index < -0.39 is 0 Å². The van der Waals surface area contributed by atoms with Crippen LogP contribution in [0.25, 0.3) is 0 Å². The van der Waals surface area contributed by atoms with Crippen molar-refractivity contribution in [2.24, 2.45) is 17.3 Å². The Balaban J connectivity index is 1.55.